The number of benzene rings is 2. The number of anilines is 1. The van der Waals surface area contributed by atoms with E-state index in [1.54, 1.807) is 0 Å². The van der Waals surface area contributed by atoms with Crippen LogP contribution in [0.4, 0.5) is 11.4 Å². The summed E-state index contributed by atoms with van der Waals surface area (Å²) in [7, 11) is 0. The van der Waals surface area contributed by atoms with Crippen LogP contribution in [0.15, 0.2) is 60.9 Å². The molecule has 0 saturated carbocycles. The van der Waals surface area contributed by atoms with Crippen LogP contribution >= 0.6 is 11.6 Å². The molecule has 2 heterocycles. The lowest BCUT2D eigenvalue weighted by molar-refractivity contribution is -0.384. The summed E-state index contributed by atoms with van der Waals surface area (Å²) in [5.41, 5.74) is 5.07. The van der Waals surface area contributed by atoms with E-state index < -0.39 is 10.8 Å². The molecule has 30 heavy (non-hydrogen) atoms. The number of nitro benzene ring substituents is 1. The first kappa shape index (κ1) is 19.6. The monoisotopic (exact) mass is 420 g/mol. The van der Waals surface area contributed by atoms with Crippen LogP contribution in [0.5, 0.6) is 0 Å². The highest BCUT2D eigenvalue weighted by Gasteiger charge is 2.16. The van der Waals surface area contributed by atoms with E-state index in [4.69, 9.17) is 11.6 Å². The zero-order valence-corrected chi connectivity index (χ0v) is 17.0. The first-order valence-electron chi connectivity index (χ1n) is 9.13. The summed E-state index contributed by atoms with van der Waals surface area (Å²) in [6.07, 6.45) is 3.88. The van der Waals surface area contributed by atoms with E-state index in [-0.39, 0.29) is 16.3 Å². The number of halogens is 1. The number of nitrogens with zero attached hydrogens (tertiary/aromatic N) is 3. The quantitative estimate of drug-likeness (QED) is 0.352. The summed E-state index contributed by atoms with van der Waals surface area (Å²) >= 11 is 6.08. The van der Waals surface area contributed by atoms with Gasteiger partial charge in [-0.3, -0.25) is 14.9 Å². The van der Waals surface area contributed by atoms with E-state index in [0.29, 0.717) is 5.69 Å². The number of nitro groups is 1. The Kier molecular flexibility index (Phi) is 4.97. The number of fused-ring (bicyclic) bond motifs is 1. The van der Waals surface area contributed by atoms with Gasteiger partial charge in [0.25, 0.3) is 11.6 Å². The number of amides is 1. The van der Waals surface area contributed by atoms with E-state index in [2.05, 4.69) is 10.3 Å². The fraction of sp³-hybridized carbons (Fsp3) is 0.0909. The minimum absolute atomic E-state index is 0.0197. The molecule has 2 aromatic heterocycles. The molecule has 0 aliphatic carbocycles. The zero-order chi connectivity index (χ0) is 21.4. The molecule has 4 rings (SSSR count). The lowest BCUT2D eigenvalue weighted by Gasteiger charge is -2.11. The predicted octanol–water partition coefficient (Wildman–Crippen LogP) is 5.43. The lowest BCUT2D eigenvalue weighted by Crippen LogP contribution is -2.13. The molecule has 8 heteroatoms. The largest absolute Gasteiger partial charge is 0.322 e. The van der Waals surface area contributed by atoms with Gasteiger partial charge in [-0.1, -0.05) is 23.7 Å². The van der Waals surface area contributed by atoms with Crippen molar-refractivity contribution in [3.05, 3.63) is 92.8 Å². The van der Waals surface area contributed by atoms with E-state index in [1.807, 2.05) is 61.0 Å². The summed E-state index contributed by atoms with van der Waals surface area (Å²) in [6.45, 7) is 3.89. The number of hydrogen-bond donors (Lipinski definition) is 1. The third-order valence-corrected chi connectivity index (χ3v) is 5.12. The maximum atomic E-state index is 12.7. The van der Waals surface area contributed by atoms with Crippen molar-refractivity contribution >= 4 is 34.5 Å². The van der Waals surface area contributed by atoms with Crippen LogP contribution in [0.25, 0.3) is 16.9 Å². The van der Waals surface area contributed by atoms with Crippen LogP contribution in [-0.2, 0) is 0 Å². The minimum atomic E-state index is -0.558. The smallest absolute Gasteiger partial charge is 0.270 e. The lowest BCUT2D eigenvalue weighted by atomic mass is 10.1. The van der Waals surface area contributed by atoms with Gasteiger partial charge in [0.1, 0.15) is 5.65 Å². The SMILES string of the molecule is Cc1ccn2cc(-c3ccc(C)c(NC(=O)c4ccc([N+](=O)[O-])cc4Cl)c3)nc2c1. The molecular weight excluding hydrogens is 404 g/mol. The van der Waals surface area contributed by atoms with Crippen LogP contribution in [0.2, 0.25) is 5.02 Å². The van der Waals surface area contributed by atoms with Crippen molar-refractivity contribution < 1.29 is 9.72 Å². The molecule has 0 aliphatic rings. The molecule has 0 unspecified atom stereocenters. The van der Waals surface area contributed by atoms with Gasteiger partial charge < -0.3 is 9.72 Å². The molecule has 7 nitrogen and oxygen atoms in total. The minimum Gasteiger partial charge on any atom is -0.322 e. The Labute approximate surface area is 177 Å². The van der Waals surface area contributed by atoms with E-state index in [1.165, 1.54) is 18.2 Å². The van der Waals surface area contributed by atoms with Gasteiger partial charge >= 0.3 is 0 Å². The summed E-state index contributed by atoms with van der Waals surface area (Å²) in [6, 6.07) is 13.5. The van der Waals surface area contributed by atoms with Crippen LogP contribution < -0.4 is 5.32 Å². The van der Waals surface area contributed by atoms with Crippen molar-refractivity contribution in [2.45, 2.75) is 13.8 Å². The Morgan fingerprint density at radius 2 is 1.93 bits per heavy atom. The molecule has 0 spiro atoms. The first-order valence-corrected chi connectivity index (χ1v) is 9.51. The van der Waals surface area contributed by atoms with Gasteiger partial charge in [0.2, 0.25) is 0 Å². The summed E-state index contributed by atoms with van der Waals surface area (Å²) < 4.78 is 1.94. The summed E-state index contributed by atoms with van der Waals surface area (Å²) in [4.78, 5) is 27.7. The summed E-state index contributed by atoms with van der Waals surface area (Å²) in [5, 5.41) is 13.7. The molecule has 1 amide bonds. The Bertz CT molecular complexity index is 1310. The predicted molar refractivity (Wildman–Crippen MR) is 116 cm³/mol. The molecule has 0 aliphatic heterocycles. The van der Waals surface area contributed by atoms with Crippen molar-refractivity contribution in [1.82, 2.24) is 9.38 Å². The van der Waals surface area contributed by atoms with Gasteiger partial charge in [0, 0.05) is 35.8 Å². The van der Waals surface area contributed by atoms with Crippen LogP contribution in [0, 0.1) is 24.0 Å². The average Bonchev–Trinajstić information content (AvgIpc) is 3.12. The average molecular weight is 421 g/mol. The van der Waals surface area contributed by atoms with Crippen molar-refractivity contribution in [2.75, 3.05) is 5.32 Å². The molecule has 0 saturated heterocycles. The molecule has 150 valence electrons. The Hall–Kier alpha value is -3.71. The topological polar surface area (TPSA) is 89.5 Å². The molecule has 0 bridgehead atoms. The molecule has 0 fully saturated rings. The third-order valence-electron chi connectivity index (χ3n) is 4.81. The summed E-state index contributed by atoms with van der Waals surface area (Å²) in [5.74, 6) is -0.444. The first-order chi connectivity index (χ1) is 14.3. The highest BCUT2D eigenvalue weighted by atomic mass is 35.5. The zero-order valence-electron chi connectivity index (χ0n) is 16.2. The number of carbonyl (C=O) groups excluding carboxylic acids is 1. The molecule has 1 N–H and O–H groups in total. The Balaban J connectivity index is 1.65. The van der Waals surface area contributed by atoms with Gasteiger partial charge in [-0.2, -0.15) is 0 Å². The maximum absolute atomic E-state index is 12.7. The number of aromatic nitrogens is 2. The number of rotatable bonds is 4. The van der Waals surface area contributed by atoms with Gasteiger partial charge in [-0.05, 0) is 49.2 Å². The van der Waals surface area contributed by atoms with Gasteiger partial charge in [-0.15, -0.1) is 0 Å². The van der Waals surface area contributed by atoms with Gasteiger partial charge in [0.15, 0.2) is 0 Å². The van der Waals surface area contributed by atoms with E-state index >= 15 is 0 Å². The molecule has 0 atom stereocenters. The van der Waals surface area contributed by atoms with E-state index in [0.717, 1.165) is 28.0 Å². The second-order valence-corrected chi connectivity index (χ2v) is 7.41. The van der Waals surface area contributed by atoms with Crippen LogP contribution in [-0.4, -0.2) is 20.2 Å². The number of nitrogens with one attached hydrogen (secondary N) is 1. The fourth-order valence-corrected chi connectivity index (χ4v) is 3.39. The van der Waals surface area contributed by atoms with Gasteiger partial charge in [-0.25, -0.2) is 4.98 Å². The molecular formula is C22H17ClN4O3. The molecule has 0 radical (unpaired) electrons. The second-order valence-electron chi connectivity index (χ2n) is 7.00. The Morgan fingerprint density at radius 1 is 1.13 bits per heavy atom. The van der Waals surface area contributed by atoms with Crippen molar-refractivity contribution in [3.8, 4) is 11.3 Å². The maximum Gasteiger partial charge on any atom is 0.270 e. The highest BCUT2D eigenvalue weighted by molar-refractivity contribution is 6.34. The van der Waals surface area contributed by atoms with E-state index in [9.17, 15) is 14.9 Å². The number of aryl methyl sites for hydroxylation is 2. The molecule has 2 aromatic carbocycles. The van der Waals surface area contributed by atoms with Crippen LogP contribution in [0.3, 0.4) is 0 Å². The number of hydrogen-bond acceptors (Lipinski definition) is 4. The number of pyridine rings is 1. The number of imidazole rings is 1. The Morgan fingerprint density at radius 3 is 2.67 bits per heavy atom. The fourth-order valence-electron chi connectivity index (χ4n) is 3.13. The normalized spacial score (nSPS) is 10.9. The number of non-ortho nitro benzene ring substituents is 1. The third kappa shape index (κ3) is 3.75. The van der Waals surface area contributed by atoms with Crippen molar-refractivity contribution in [3.63, 3.8) is 0 Å². The van der Waals surface area contributed by atoms with Crippen LogP contribution in [0.1, 0.15) is 21.5 Å². The standard InChI is InChI=1S/C22H17ClN4O3/c1-13-7-8-26-12-20(24-21(26)9-13)15-4-3-14(2)19(10-15)25-22(28)17-6-5-16(27(29)30)11-18(17)23/h3-12H,1-2H3,(H,25,28). The van der Waals surface area contributed by atoms with Gasteiger partial charge in [0.05, 0.1) is 21.2 Å². The second kappa shape index (κ2) is 7.61. The highest BCUT2D eigenvalue weighted by Crippen LogP contribution is 2.28. The van der Waals surface area contributed by atoms with Crippen molar-refractivity contribution in [2.24, 2.45) is 0 Å². The molecule has 4 aromatic rings. The van der Waals surface area contributed by atoms with Crippen molar-refractivity contribution in [1.29, 1.82) is 0 Å². The number of carbonyl (C=O) groups is 1.